The van der Waals surface area contributed by atoms with E-state index in [4.69, 9.17) is 0 Å². The second-order valence-corrected chi connectivity index (χ2v) is 12.2. The number of anilines is 2. The highest BCUT2D eigenvalue weighted by atomic mass is 19.4. The van der Waals surface area contributed by atoms with Gasteiger partial charge in [-0.25, -0.2) is 13.6 Å². The number of aromatic nitrogens is 5. The van der Waals surface area contributed by atoms with Gasteiger partial charge in [0, 0.05) is 31.1 Å². The van der Waals surface area contributed by atoms with Crippen LogP contribution in [0.25, 0.3) is 22.3 Å². The van der Waals surface area contributed by atoms with Gasteiger partial charge in [0.1, 0.15) is 12.2 Å². The minimum Gasteiger partial charge on any atom is -0.380 e. The van der Waals surface area contributed by atoms with Crippen molar-refractivity contribution in [2.75, 3.05) is 29.9 Å². The summed E-state index contributed by atoms with van der Waals surface area (Å²) in [5.74, 6) is -3.07. The molecule has 3 aromatic rings. The van der Waals surface area contributed by atoms with Crippen LogP contribution in [-0.4, -0.2) is 90.0 Å². The molecule has 4 aliphatic rings. The van der Waals surface area contributed by atoms with Crippen molar-refractivity contribution in [2.24, 2.45) is 0 Å². The molecule has 1 unspecified atom stereocenters. The number of nitrogens with one attached hydrogen (secondary N) is 2. The Morgan fingerprint density at radius 3 is 2.24 bits per heavy atom. The van der Waals surface area contributed by atoms with Gasteiger partial charge in [0.2, 0.25) is 0 Å². The first-order valence-electron chi connectivity index (χ1n) is 14.5. The molecule has 4 fully saturated rings. The number of piperidine rings is 1. The fourth-order valence-electron chi connectivity index (χ4n) is 5.80. The van der Waals surface area contributed by atoms with Gasteiger partial charge >= 0.3 is 18.4 Å². The van der Waals surface area contributed by atoms with Gasteiger partial charge in [-0.05, 0) is 18.9 Å². The van der Waals surface area contributed by atoms with Crippen LogP contribution in [0.15, 0.2) is 18.5 Å². The Balaban J connectivity index is 0.000000828. The quantitative estimate of drug-likeness (QED) is 0.305. The van der Waals surface area contributed by atoms with E-state index in [0.717, 1.165) is 4.90 Å². The van der Waals surface area contributed by atoms with Gasteiger partial charge in [0.25, 0.3) is 5.92 Å². The minimum atomic E-state index is -4.85. The van der Waals surface area contributed by atoms with Crippen LogP contribution in [0.1, 0.15) is 51.4 Å². The van der Waals surface area contributed by atoms with Crippen molar-refractivity contribution in [3.63, 3.8) is 0 Å². The first-order chi connectivity index (χ1) is 21.0. The second kappa shape index (κ2) is 10.7. The third-order valence-electron chi connectivity index (χ3n) is 8.77. The number of pyridine rings is 1. The highest BCUT2D eigenvalue weighted by Crippen LogP contribution is 2.55. The largest absolute Gasteiger partial charge is 0.417 e. The smallest absolute Gasteiger partial charge is 0.380 e. The molecule has 5 heterocycles. The third kappa shape index (κ3) is 6.12. The van der Waals surface area contributed by atoms with Crippen LogP contribution < -0.4 is 10.2 Å². The normalized spacial score (nSPS) is 23.7. The Labute approximate surface area is 250 Å². The SMILES string of the molecule is C1CCC1.O=C(Nc1cn[nH]c1-c1cc2c(cn1)c(N1CC(F)(F)C1)nn2CC(F)(F)F)N1CCC(O)(C(F)(F)F)CC12CC2. The summed E-state index contributed by atoms with van der Waals surface area (Å²) in [7, 11) is 0. The van der Waals surface area contributed by atoms with Crippen molar-refractivity contribution < 1.29 is 45.0 Å². The van der Waals surface area contributed by atoms with E-state index in [1.54, 1.807) is 0 Å². The zero-order valence-electron chi connectivity index (χ0n) is 23.8. The van der Waals surface area contributed by atoms with Crippen LogP contribution in [-0.2, 0) is 6.54 Å². The monoisotopic (exact) mass is 650 g/mol. The first kappa shape index (κ1) is 31.3. The van der Waals surface area contributed by atoms with E-state index in [2.05, 4.69) is 25.6 Å². The Morgan fingerprint density at radius 2 is 1.69 bits per heavy atom. The number of amides is 2. The molecular weight excluding hydrogens is 620 g/mol. The lowest BCUT2D eigenvalue weighted by molar-refractivity contribution is -0.277. The zero-order chi connectivity index (χ0) is 32.4. The maximum Gasteiger partial charge on any atom is 0.417 e. The Kier molecular flexibility index (Phi) is 7.43. The molecule has 1 spiro atoms. The summed E-state index contributed by atoms with van der Waals surface area (Å²) in [5, 5.41) is 23.2. The van der Waals surface area contributed by atoms with E-state index in [1.807, 2.05) is 0 Å². The average molecular weight is 651 g/mol. The van der Waals surface area contributed by atoms with Crippen molar-refractivity contribution in [1.82, 2.24) is 29.9 Å². The van der Waals surface area contributed by atoms with Gasteiger partial charge in [-0.1, -0.05) is 25.7 Å². The number of hydrogen-bond donors (Lipinski definition) is 3. The molecule has 45 heavy (non-hydrogen) atoms. The summed E-state index contributed by atoms with van der Waals surface area (Å²) in [6.07, 6.45) is -1.91. The molecule has 3 N–H and O–H groups in total. The predicted octanol–water partition coefficient (Wildman–Crippen LogP) is 5.85. The number of fused-ring (bicyclic) bond motifs is 1. The number of rotatable bonds is 4. The predicted molar refractivity (Wildman–Crippen MR) is 145 cm³/mol. The van der Waals surface area contributed by atoms with Crippen molar-refractivity contribution in [3.05, 3.63) is 18.5 Å². The number of alkyl halides is 8. The number of H-pyrrole nitrogens is 1. The van der Waals surface area contributed by atoms with Crippen molar-refractivity contribution in [2.45, 2.75) is 87.3 Å². The standard InChI is InChI=1S/C23H22F8N8O2.C4H8/c24-21(25)9-37(10-21)17-12-6-32-13(5-15(12)39(36-17)11-22(26,27)28)16-14(7-33-35-16)34-18(40)38-4-3-20(41,23(29,30)31)8-19(38)1-2-19;1-2-4-3-1/h5-7,41H,1-4,8-11H2,(H,33,35)(H,34,40);1-4H2. The van der Waals surface area contributed by atoms with Crippen molar-refractivity contribution in [3.8, 4) is 11.4 Å². The maximum atomic E-state index is 13.4. The molecule has 2 aliphatic heterocycles. The van der Waals surface area contributed by atoms with E-state index in [9.17, 15) is 45.0 Å². The van der Waals surface area contributed by atoms with Crippen molar-refractivity contribution >= 4 is 28.4 Å². The van der Waals surface area contributed by atoms with Gasteiger partial charge in [0.15, 0.2) is 11.4 Å². The van der Waals surface area contributed by atoms with Crippen LogP contribution in [0, 0.1) is 0 Å². The van der Waals surface area contributed by atoms with Crippen LogP contribution in [0.4, 0.5) is 51.4 Å². The lowest BCUT2D eigenvalue weighted by Gasteiger charge is -2.45. The van der Waals surface area contributed by atoms with Crippen LogP contribution in [0.5, 0.6) is 0 Å². The van der Waals surface area contributed by atoms with E-state index >= 15 is 0 Å². The Morgan fingerprint density at radius 1 is 1.02 bits per heavy atom. The van der Waals surface area contributed by atoms with Crippen molar-refractivity contribution in [1.29, 1.82) is 0 Å². The number of carbonyl (C=O) groups is 1. The minimum absolute atomic E-state index is 0.0420. The summed E-state index contributed by atoms with van der Waals surface area (Å²) in [4.78, 5) is 19.8. The number of urea groups is 1. The number of hydrogen-bond acceptors (Lipinski definition) is 6. The summed E-state index contributed by atoms with van der Waals surface area (Å²) >= 11 is 0. The van der Waals surface area contributed by atoms with Crippen LogP contribution in [0.3, 0.4) is 0 Å². The van der Waals surface area contributed by atoms with E-state index < -0.39 is 67.9 Å². The average Bonchev–Trinajstić information content (AvgIpc) is 3.31. The molecule has 1 atom stereocenters. The summed E-state index contributed by atoms with van der Waals surface area (Å²) < 4.78 is 108. The fourth-order valence-corrected chi connectivity index (χ4v) is 5.80. The molecule has 10 nitrogen and oxygen atoms in total. The Bertz CT molecular complexity index is 1560. The number of halogens is 8. The topological polar surface area (TPSA) is 115 Å². The first-order valence-corrected chi connectivity index (χ1v) is 14.5. The fraction of sp³-hybridized carbons (Fsp3) is 0.630. The number of carbonyl (C=O) groups excluding carboxylic acids is 1. The lowest BCUT2D eigenvalue weighted by Crippen LogP contribution is -2.60. The van der Waals surface area contributed by atoms with E-state index in [1.165, 1.54) is 49.0 Å². The molecule has 246 valence electrons. The molecule has 0 radical (unpaired) electrons. The molecule has 3 aromatic heterocycles. The van der Waals surface area contributed by atoms with E-state index in [-0.39, 0.29) is 53.2 Å². The number of aromatic amines is 1. The highest BCUT2D eigenvalue weighted by molar-refractivity contribution is 5.96. The van der Waals surface area contributed by atoms with Crippen LogP contribution in [0.2, 0.25) is 0 Å². The summed E-state index contributed by atoms with van der Waals surface area (Å²) in [6.45, 7) is -3.26. The van der Waals surface area contributed by atoms with Gasteiger partial charge in [-0.2, -0.15) is 36.5 Å². The van der Waals surface area contributed by atoms with Gasteiger partial charge in [0.05, 0.1) is 41.6 Å². The second-order valence-electron chi connectivity index (χ2n) is 12.2. The molecule has 0 bridgehead atoms. The lowest BCUT2D eigenvalue weighted by atomic mass is 9.84. The summed E-state index contributed by atoms with van der Waals surface area (Å²) in [6, 6.07) is 0.504. The molecular formula is C27H30F8N8O2. The highest BCUT2D eigenvalue weighted by Gasteiger charge is 2.65. The summed E-state index contributed by atoms with van der Waals surface area (Å²) in [5.41, 5.74) is -3.92. The van der Waals surface area contributed by atoms with Crippen LogP contribution >= 0.6 is 0 Å². The molecule has 2 aliphatic carbocycles. The third-order valence-corrected chi connectivity index (χ3v) is 8.77. The van der Waals surface area contributed by atoms with E-state index in [0.29, 0.717) is 4.68 Å². The molecule has 0 aromatic carbocycles. The van der Waals surface area contributed by atoms with Gasteiger partial charge in [-0.3, -0.25) is 14.8 Å². The zero-order valence-corrected chi connectivity index (χ0v) is 23.8. The maximum absolute atomic E-state index is 13.4. The van der Waals surface area contributed by atoms with Gasteiger partial charge in [-0.15, -0.1) is 0 Å². The number of aliphatic hydroxyl groups is 1. The molecule has 2 saturated heterocycles. The van der Waals surface area contributed by atoms with Gasteiger partial charge < -0.3 is 20.2 Å². The molecule has 2 saturated carbocycles. The number of nitrogens with zero attached hydrogens (tertiary/aromatic N) is 6. The molecule has 18 heteroatoms. The number of likely N-dealkylation sites (tertiary alicyclic amines) is 1. The molecule has 2 amide bonds. The molecule has 7 rings (SSSR count). The Hall–Kier alpha value is -3.70.